The Morgan fingerprint density at radius 3 is 1.10 bits per heavy atom. The van der Waals surface area contributed by atoms with E-state index >= 15 is 0 Å². The lowest BCUT2D eigenvalue weighted by Crippen LogP contribution is -2.61. The fourth-order valence-electron chi connectivity index (χ4n) is 6.74. The molecule has 0 spiro atoms. The van der Waals surface area contributed by atoms with Crippen molar-refractivity contribution >= 4 is 20.2 Å². The maximum Gasteiger partial charge on any atom is 0.264 e. The van der Waals surface area contributed by atoms with Crippen molar-refractivity contribution in [1.82, 2.24) is 0 Å². The minimum atomic E-state index is -3.46. The molecule has 6 rings (SSSR count). The minimum Gasteiger partial charge on any atom is -0.266 e. The van der Waals surface area contributed by atoms with Crippen molar-refractivity contribution in [2.45, 2.75) is 12.2 Å². The molecule has 4 bridgehead atoms. The predicted molar refractivity (Wildman–Crippen MR) is 67.4 cm³/mol. The van der Waals surface area contributed by atoms with Crippen molar-refractivity contribution in [3.05, 3.63) is 0 Å². The van der Waals surface area contributed by atoms with Crippen LogP contribution in [0.4, 0.5) is 0 Å². The summed E-state index contributed by atoms with van der Waals surface area (Å²) < 4.78 is 56.4. The highest BCUT2D eigenvalue weighted by Gasteiger charge is 2.90. The van der Waals surface area contributed by atoms with Gasteiger partial charge in [0.15, 0.2) is 0 Å². The minimum absolute atomic E-state index is 0.187. The van der Waals surface area contributed by atoms with Gasteiger partial charge in [-0.1, -0.05) is 0 Å². The second kappa shape index (κ2) is 3.11. The van der Waals surface area contributed by atoms with Gasteiger partial charge in [0.25, 0.3) is 20.2 Å². The first-order valence-corrected chi connectivity index (χ1v) is 10.6. The summed E-state index contributed by atoms with van der Waals surface area (Å²) in [4.78, 5) is 0. The first-order valence-electron chi connectivity index (χ1n) is 6.95. The van der Waals surface area contributed by atoms with Crippen LogP contribution in [0.25, 0.3) is 0 Å². The molecule has 10 atom stereocenters. The van der Waals surface area contributed by atoms with Crippen LogP contribution in [0, 0.1) is 47.3 Å². The third-order valence-corrected chi connectivity index (χ3v) is 7.68. The second-order valence-corrected chi connectivity index (χ2v) is 10.4. The summed E-state index contributed by atoms with van der Waals surface area (Å²) in [5.74, 6) is 2.99. The predicted octanol–water partition coefficient (Wildman–Crippen LogP) is -0.326. The fraction of sp³-hybridized carbons (Fsp3) is 1.00. The number of hydrogen-bond acceptors (Lipinski definition) is 6. The van der Waals surface area contributed by atoms with Crippen LogP contribution in [0.5, 0.6) is 0 Å². The molecule has 0 aromatic rings. The maximum atomic E-state index is 11.4. The topological polar surface area (TPSA) is 86.7 Å². The highest BCUT2D eigenvalue weighted by Crippen LogP contribution is 2.89. The van der Waals surface area contributed by atoms with Crippen LogP contribution in [-0.4, -0.2) is 41.6 Å². The zero-order valence-electron chi connectivity index (χ0n) is 11.0. The van der Waals surface area contributed by atoms with Gasteiger partial charge in [-0.05, 0) is 47.3 Å². The van der Waals surface area contributed by atoms with Gasteiger partial charge in [-0.25, -0.2) is 0 Å². The summed E-state index contributed by atoms with van der Waals surface area (Å²) in [7, 11) is -6.92. The molecule has 0 aromatic carbocycles. The summed E-state index contributed by atoms with van der Waals surface area (Å²) in [6, 6.07) is 0. The van der Waals surface area contributed by atoms with E-state index < -0.39 is 20.2 Å². The lowest BCUT2D eigenvalue weighted by molar-refractivity contribution is -0.174. The van der Waals surface area contributed by atoms with E-state index in [1.807, 2.05) is 0 Å². The van der Waals surface area contributed by atoms with Gasteiger partial charge in [0.05, 0.1) is 24.7 Å². The molecule has 0 heterocycles. The second-order valence-electron chi connectivity index (χ2n) is 7.15. The first kappa shape index (κ1) is 12.4. The highest BCUT2D eigenvalue weighted by atomic mass is 32.2. The van der Waals surface area contributed by atoms with E-state index in [4.69, 9.17) is 8.37 Å². The van der Waals surface area contributed by atoms with Gasteiger partial charge in [0.2, 0.25) is 0 Å². The molecule has 6 aliphatic carbocycles. The van der Waals surface area contributed by atoms with Gasteiger partial charge in [-0.15, -0.1) is 0 Å². The van der Waals surface area contributed by atoms with E-state index in [0.717, 1.165) is 12.5 Å². The average Bonchev–Trinajstić information content (AvgIpc) is 2.66. The van der Waals surface area contributed by atoms with E-state index in [1.165, 1.54) is 0 Å². The van der Waals surface area contributed by atoms with Crippen LogP contribution in [0.3, 0.4) is 0 Å². The van der Waals surface area contributed by atoms with Crippen molar-refractivity contribution in [3.63, 3.8) is 0 Å². The SMILES string of the molecule is CS(=O)(=O)O[C@H]1[C@@H]2[C@H]3[C@@H]4[C@H](OS(C)(=O)=O)[C@H]5[C@@H]([C@@H]14)[C@H]2[C@H]53. The van der Waals surface area contributed by atoms with Crippen molar-refractivity contribution in [2.24, 2.45) is 47.3 Å². The van der Waals surface area contributed by atoms with E-state index in [0.29, 0.717) is 35.5 Å². The van der Waals surface area contributed by atoms with Crippen molar-refractivity contribution < 1.29 is 25.2 Å². The lowest BCUT2D eigenvalue weighted by Gasteiger charge is -2.63. The largest absolute Gasteiger partial charge is 0.266 e. The van der Waals surface area contributed by atoms with Crippen molar-refractivity contribution in [3.8, 4) is 0 Å². The van der Waals surface area contributed by atoms with Gasteiger partial charge in [-0.2, -0.15) is 16.8 Å². The fourth-order valence-corrected chi connectivity index (χ4v) is 8.06. The Hall–Kier alpha value is -0.180. The maximum absolute atomic E-state index is 11.4. The molecule has 0 radical (unpaired) electrons. The van der Waals surface area contributed by atoms with Gasteiger partial charge < -0.3 is 0 Å². The molecular weight excluding hydrogens is 304 g/mol. The summed E-state index contributed by atoms with van der Waals surface area (Å²) in [6.07, 6.45) is 1.72. The van der Waals surface area contributed by atoms with Gasteiger partial charge in [0.1, 0.15) is 0 Å². The molecular formula is C12H16O6S2. The van der Waals surface area contributed by atoms with E-state index in [1.54, 1.807) is 0 Å². The van der Waals surface area contributed by atoms with Gasteiger partial charge in [0, 0.05) is 0 Å². The normalized spacial score (nSPS) is 60.7. The molecule has 20 heavy (non-hydrogen) atoms. The molecule has 0 aliphatic heterocycles. The number of rotatable bonds is 4. The molecule has 0 amide bonds. The summed E-state index contributed by atoms with van der Waals surface area (Å²) in [5.41, 5.74) is 0. The van der Waals surface area contributed by atoms with Crippen molar-refractivity contribution in [2.75, 3.05) is 12.5 Å². The lowest BCUT2D eigenvalue weighted by atomic mass is 9.41. The van der Waals surface area contributed by atoms with Crippen LogP contribution in [0.2, 0.25) is 0 Å². The van der Waals surface area contributed by atoms with Crippen LogP contribution >= 0.6 is 0 Å². The highest BCUT2D eigenvalue weighted by molar-refractivity contribution is 7.86. The Labute approximate surface area is 118 Å². The summed E-state index contributed by atoms with van der Waals surface area (Å²) in [6.45, 7) is 0. The molecule has 8 heteroatoms. The summed E-state index contributed by atoms with van der Waals surface area (Å²) >= 11 is 0. The van der Waals surface area contributed by atoms with E-state index in [-0.39, 0.29) is 24.0 Å². The van der Waals surface area contributed by atoms with Gasteiger partial charge >= 0.3 is 0 Å². The Bertz CT molecular complexity index is 650. The molecule has 112 valence electrons. The molecule has 6 aliphatic rings. The number of hydrogen-bond donors (Lipinski definition) is 0. The standard InChI is InChI=1S/C12H16O6S2/c1-19(13,14)17-11-7-3-4-5(7)10-9(11)6(3)8(4)12(10)18-20(2,15)16/h3-12H,1-2H3/t3-,4+,5-,6-,7+,8-,9-,10+,11+,12-/m0/s1. The Balaban J connectivity index is 1.50. The zero-order chi connectivity index (χ0) is 14.2. The van der Waals surface area contributed by atoms with Crippen LogP contribution in [0.15, 0.2) is 0 Å². The average molecular weight is 320 g/mol. The van der Waals surface area contributed by atoms with Crippen LogP contribution < -0.4 is 0 Å². The Morgan fingerprint density at radius 1 is 0.550 bits per heavy atom. The molecule has 0 saturated heterocycles. The summed E-state index contributed by atoms with van der Waals surface area (Å²) in [5, 5.41) is 0. The van der Waals surface area contributed by atoms with E-state index in [2.05, 4.69) is 0 Å². The Kier molecular flexibility index (Phi) is 1.93. The zero-order valence-corrected chi connectivity index (χ0v) is 12.7. The third kappa shape index (κ3) is 1.16. The molecule has 0 N–H and O–H groups in total. The molecule has 0 aromatic heterocycles. The first-order chi connectivity index (χ1) is 9.19. The Morgan fingerprint density at radius 2 is 0.800 bits per heavy atom. The van der Waals surface area contributed by atoms with E-state index in [9.17, 15) is 16.8 Å². The van der Waals surface area contributed by atoms with Crippen LogP contribution in [0.1, 0.15) is 0 Å². The van der Waals surface area contributed by atoms with Crippen molar-refractivity contribution in [1.29, 1.82) is 0 Å². The van der Waals surface area contributed by atoms with Gasteiger partial charge in [-0.3, -0.25) is 8.37 Å². The molecule has 6 nitrogen and oxygen atoms in total. The van der Waals surface area contributed by atoms with Crippen LogP contribution in [-0.2, 0) is 28.6 Å². The quantitative estimate of drug-likeness (QED) is 0.660. The molecule has 6 saturated carbocycles. The third-order valence-electron chi connectivity index (χ3n) is 6.53. The monoisotopic (exact) mass is 320 g/mol. The molecule has 6 fully saturated rings. The smallest absolute Gasteiger partial charge is 0.264 e. The molecule has 0 unspecified atom stereocenters.